The minimum absolute atomic E-state index is 0.0300. The zero-order chi connectivity index (χ0) is 12.6. The first-order chi connectivity index (χ1) is 7.95. The summed E-state index contributed by atoms with van der Waals surface area (Å²) in [5.74, 6) is 0. The molecule has 0 N–H and O–H groups in total. The van der Waals surface area contributed by atoms with Gasteiger partial charge in [-0.15, -0.1) is 11.3 Å². The molecule has 2 heterocycles. The van der Waals surface area contributed by atoms with E-state index in [1.54, 1.807) is 5.38 Å². The van der Waals surface area contributed by atoms with Crippen LogP contribution in [-0.2, 0) is 6.18 Å². The number of carbonyl (C=O) groups is 1. The van der Waals surface area contributed by atoms with Crippen LogP contribution in [-0.4, -0.2) is 21.1 Å². The van der Waals surface area contributed by atoms with Gasteiger partial charge < -0.3 is 0 Å². The predicted molar refractivity (Wildman–Crippen MR) is 54.6 cm³/mol. The molecule has 2 aromatic rings. The summed E-state index contributed by atoms with van der Waals surface area (Å²) >= 11 is 6.72. The summed E-state index contributed by atoms with van der Waals surface area (Å²) < 4.78 is 38.5. The van der Waals surface area contributed by atoms with Gasteiger partial charge in [0.05, 0.1) is 5.56 Å². The van der Waals surface area contributed by atoms with Crippen LogP contribution in [0.4, 0.5) is 13.2 Å². The van der Waals surface area contributed by atoms with E-state index in [4.69, 9.17) is 11.6 Å². The molecule has 0 amide bonds. The second kappa shape index (κ2) is 4.11. The molecule has 0 aliphatic rings. The fourth-order valence-corrected chi connectivity index (χ4v) is 2.07. The topological polar surface area (TPSA) is 47.8 Å². The van der Waals surface area contributed by atoms with Crippen LogP contribution in [0.5, 0.6) is 0 Å². The van der Waals surface area contributed by atoms with E-state index in [1.807, 2.05) is 0 Å². The van der Waals surface area contributed by atoms with Crippen LogP contribution in [0.25, 0.3) is 5.13 Å². The third kappa shape index (κ3) is 2.05. The predicted octanol–water partition coefficient (Wildman–Crippen LogP) is 2.81. The maximum atomic E-state index is 12.6. The zero-order valence-electron chi connectivity index (χ0n) is 7.90. The summed E-state index contributed by atoms with van der Waals surface area (Å²) in [4.78, 5) is 14.4. The van der Waals surface area contributed by atoms with Crippen LogP contribution in [0.15, 0.2) is 11.6 Å². The fraction of sp³-hybridized carbons (Fsp3) is 0.125. The molecule has 4 nitrogen and oxygen atoms in total. The number of nitrogens with zero attached hydrogens (tertiary/aromatic N) is 3. The van der Waals surface area contributed by atoms with Gasteiger partial charge in [-0.25, -0.2) is 4.98 Å². The molecule has 0 aromatic carbocycles. The van der Waals surface area contributed by atoms with E-state index in [9.17, 15) is 18.0 Å². The summed E-state index contributed by atoms with van der Waals surface area (Å²) in [7, 11) is 0. The summed E-state index contributed by atoms with van der Waals surface area (Å²) in [6.07, 6.45) is -3.31. The monoisotopic (exact) mass is 281 g/mol. The van der Waals surface area contributed by atoms with Gasteiger partial charge in [0, 0.05) is 11.6 Å². The van der Waals surface area contributed by atoms with Crippen molar-refractivity contribution in [2.45, 2.75) is 6.18 Å². The molecule has 2 rings (SSSR count). The number of halogens is 4. The molecule has 2 aromatic heterocycles. The molecule has 0 aliphatic carbocycles. The van der Waals surface area contributed by atoms with Gasteiger partial charge in [0.25, 0.3) is 0 Å². The zero-order valence-corrected chi connectivity index (χ0v) is 9.47. The molecular formula is C8H3ClF3N3OS. The van der Waals surface area contributed by atoms with E-state index < -0.39 is 22.6 Å². The molecule has 0 radical (unpaired) electrons. The van der Waals surface area contributed by atoms with Crippen molar-refractivity contribution in [1.29, 1.82) is 0 Å². The van der Waals surface area contributed by atoms with Crippen molar-refractivity contribution in [2.75, 3.05) is 0 Å². The van der Waals surface area contributed by atoms with Gasteiger partial charge in [-0.1, -0.05) is 11.6 Å². The number of hydrogen-bond acceptors (Lipinski definition) is 4. The molecular weight excluding hydrogens is 279 g/mol. The maximum Gasteiger partial charge on any atom is 0.435 e. The standard InChI is InChI=1S/C8H3ClF3N3OS/c9-6-4(3-16)5(8(10,11)12)14-15(6)7-13-1-2-17-7/h1-3H. The SMILES string of the molecule is O=Cc1c(C(F)(F)F)nn(-c2nccs2)c1Cl. The number of aromatic nitrogens is 3. The molecule has 0 fully saturated rings. The molecule has 90 valence electrons. The normalized spacial score (nSPS) is 11.8. The van der Waals surface area contributed by atoms with Crippen molar-refractivity contribution in [3.63, 3.8) is 0 Å². The van der Waals surface area contributed by atoms with Crippen molar-refractivity contribution in [3.05, 3.63) is 28.0 Å². The lowest BCUT2D eigenvalue weighted by molar-refractivity contribution is -0.141. The summed E-state index contributed by atoms with van der Waals surface area (Å²) in [5.41, 5.74) is -2.00. The van der Waals surface area contributed by atoms with E-state index in [1.165, 1.54) is 6.20 Å². The lowest BCUT2D eigenvalue weighted by Crippen LogP contribution is -2.09. The third-order valence-electron chi connectivity index (χ3n) is 1.85. The Hall–Kier alpha value is -1.41. The van der Waals surface area contributed by atoms with Gasteiger partial charge in [-0.05, 0) is 0 Å². The highest BCUT2D eigenvalue weighted by Crippen LogP contribution is 2.34. The van der Waals surface area contributed by atoms with Crippen molar-refractivity contribution >= 4 is 29.2 Å². The van der Waals surface area contributed by atoms with Crippen LogP contribution >= 0.6 is 22.9 Å². The van der Waals surface area contributed by atoms with Crippen LogP contribution in [0.2, 0.25) is 5.15 Å². The minimum Gasteiger partial charge on any atom is -0.298 e. The highest BCUT2D eigenvalue weighted by Gasteiger charge is 2.39. The largest absolute Gasteiger partial charge is 0.435 e. The van der Waals surface area contributed by atoms with Crippen molar-refractivity contribution in [1.82, 2.24) is 14.8 Å². The van der Waals surface area contributed by atoms with Gasteiger partial charge in [-0.2, -0.15) is 23.0 Å². The average molecular weight is 282 g/mol. The van der Waals surface area contributed by atoms with Gasteiger partial charge in [-0.3, -0.25) is 4.79 Å². The summed E-state index contributed by atoms with van der Waals surface area (Å²) in [5, 5.41) is 4.59. The van der Waals surface area contributed by atoms with E-state index in [2.05, 4.69) is 10.1 Å². The van der Waals surface area contributed by atoms with Crippen LogP contribution in [0.1, 0.15) is 16.1 Å². The van der Waals surface area contributed by atoms with E-state index >= 15 is 0 Å². The smallest absolute Gasteiger partial charge is 0.298 e. The number of thiazole rings is 1. The molecule has 17 heavy (non-hydrogen) atoms. The Morgan fingerprint density at radius 3 is 2.59 bits per heavy atom. The molecule has 0 bridgehead atoms. The molecule has 9 heteroatoms. The average Bonchev–Trinajstić information content (AvgIpc) is 2.82. The first-order valence-electron chi connectivity index (χ1n) is 4.16. The molecule has 0 unspecified atom stereocenters. The second-order valence-electron chi connectivity index (χ2n) is 2.90. The maximum absolute atomic E-state index is 12.6. The molecule has 0 aliphatic heterocycles. The Balaban J connectivity index is 2.65. The Kier molecular flexibility index (Phi) is 2.92. The lowest BCUT2D eigenvalue weighted by Gasteiger charge is -2.01. The molecule has 0 atom stereocenters. The van der Waals surface area contributed by atoms with Crippen LogP contribution in [0, 0.1) is 0 Å². The van der Waals surface area contributed by atoms with Gasteiger partial charge in [0.2, 0.25) is 5.13 Å². The Morgan fingerprint density at radius 1 is 1.47 bits per heavy atom. The van der Waals surface area contributed by atoms with E-state index in [0.717, 1.165) is 16.0 Å². The van der Waals surface area contributed by atoms with Crippen LogP contribution < -0.4 is 0 Å². The molecule has 0 saturated carbocycles. The summed E-state index contributed by atoms with van der Waals surface area (Å²) in [6.45, 7) is 0. The number of alkyl halides is 3. The van der Waals surface area contributed by atoms with Gasteiger partial charge >= 0.3 is 6.18 Å². The second-order valence-corrected chi connectivity index (χ2v) is 4.13. The lowest BCUT2D eigenvalue weighted by atomic mass is 10.3. The van der Waals surface area contributed by atoms with Crippen molar-refractivity contribution < 1.29 is 18.0 Å². The molecule has 0 spiro atoms. The van der Waals surface area contributed by atoms with E-state index in [-0.39, 0.29) is 11.4 Å². The fourth-order valence-electron chi connectivity index (χ4n) is 1.17. The quantitative estimate of drug-likeness (QED) is 0.795. The Morgan fingerprint density at radius 2 is 2.18 bits per heavy atom. The molecule has 0 saturated heterocycles. The highest BCUT2D eigenvalue weighted by molar-refractivity contribution is 7.12. The number of rotatable bonds is 2. The van der Waals surface area contributed by atoms with Crippen molar-refractivity contribution in [2.24, 2.45) is 0 Å². The van der Waals surface area contributed by atoms with Gasteiger partial charge in [0.1, 0.15) is 5.15 Å². The number of aldehydes is 1. The van der Waals surface area contributed by atoms with Crippen molar-refractivity contribution in [3.8, 4) is 5.13 Å². The minimum atomic E-state index is -4.73. The number of carbonyl (C=O) groups excluding carboxylic acids is 1. The van der Waals surface area contributed by atoms with Gasteiger partial charge in [0.15, 0.2) is 12.0 Å². The Labute approximate surface area is 102 Å². The third-order valence-corrected chi connectivity index (χ3v) is 2.96. The summed E-state index contributed by atoms with van der Waals surface area (Å²) in [6, 6.07) is 0. The Bertz CT molecular complexity index is 549. The number of hydrogen-bond donors (Lipinski definition) is 0. The first-order valence-corrected chi connectivity index (χ1v) is 5.41. The highest BCUT2D eigenvalue weighted by atomic mass is 35.5. The van der Waals surface area contributed by atoms with E-state index in [0.29, 0.717) is 0 Å². The van der Waals surface area contributed by atoms with Crippen LogP contribution in [0.3, 0.4) is 0 Å². The first kappa shape index (κ1) is 12.1.